The minimum absolute atomic E-state index is 0.0227. The van der Waals surface area contributed by atoms with Gasteiger partial charge >= 0.3 is 0 Å². The predicted molar refractivity (Wildman–Crippen MR) is 109 cm³/mol. The molecule has 0 unspecified atom stereocenters. The highest BCUT2D eigenvalue weighted by molar-refractivity contribution is 5.91. The van der Waals surface area contributed by atoms with Crippen LogP contribution in [-0.4, -0.2) is 17.9 Å². The standard InChI is InChI=1S/C24H23NO2/c1-27-23-14-8-13-20(17-23)15-16-24(26)25(18-21-9-4-2-5-10-21)19-22-11-6-3-7-12-22/h2-17H,18-19H2,1H3/b16-15+. The lowest BCUT2D eigenvalue weighted by Crippen LogP contribution is -2.28. The quantitative estimate of drug-likeness (QED) is 0.561. The summed E-state index contributed by atoms with van der Waals surface area (Å²) >= 11 is 0. The molecule has 0 aliphatic heterocycles. The monoisotopic (exact) mass is 357 g/mol. The van der Waals surface area contributed by atoms with Crippen molar-refractivity contribution in [1.82, 2.24) is 4.90 Å². The van der Waals surface area contributed by atoms with Crippen LogP contribution in [0.2, 0.25) is 0 Å². The van der Waals surface area contributed by atoms with E-state index < -0.39 is 0 Å². The van der Waals surface area contributed by atoms with E-state index in [1.54, 1.807) is 13.2 Å². The predicted octanol–water partition coefficient (Wildman–Crippen LogP) is 4.94. The molecule has 3 rings (SSSR count). The molecule has 1 amide bonds. The lowest BCUT2D eigenvalue weighted by atomic mass is 10.1. The van der Waals surface area contributed by atoms with Crippen LogP contribution in [0, 0.1) is 0 Å². The van der Waals surface area contributed by atoms with Gasteiger partial charge in [-0.15, -0.1) is 0 Å². The molecule has 0 aromatic heterocycles. The molecule has 0 heterocycles. The first kappa shape index (κ1) is 18.5. The SMILES string of the molecule is COc1cccc(/C=C/C(=O)N(Cc2ccccc2)Cc2ccccc2)c1. The fourth-order valence-electron chi connectivity index (χ4n) is 2.84. The van der Waals surface area contributed by atoms with Crippen molar-refractivity contribution in [3.05, 3.63) is 108 Å². The fourth-order valence-corrected chi connectivity index (χ4v) is 2.84. The number of hydrogen-bond acceptors (Lipinski definition) is 2. The van der Waals surface area contributed by atoms with Crippen LogP contribution in [0.5, 0.6) is 5.75 Å². The van der Waals surface area contributed by atoms with Gasteiger partial charge in [0.15, 0.2) is 0 Å². The molecular weight excluding hydrogens is 334 g/mol. The molecule has 3 nitrogen and oxygen atoms in total. The summed E-state index contributed by atoms with van der Waals surface area (Å²) in [4.78, 5) is 14.7. The van der Waals surface area contributed by atoms with Gasteiger partial charge in [0.05, 0.1) is 7.11 Å². The van der Waals surface area contributed by atoms with Crippen LogP contribution in [0.4, 0.5) is 0 Å². The minimum atomic E-state index is -0.0227. The van der Waals surface area contributed by atoms with Crippen molar-refractivity contribution in [3.8, 4) is 5.75 Å². The number of amides is 1. The Morgan fingerprint density at radius 3 is 2.00 bits per heavy atom. The maximum Gasteiger partial charge on any atom is 0.247 e. The highest BCUT2D eigenvalue weighted by Crippen LogP contribution is 2.15. The van der Waals surface area contributed by atoms with Crippen LogP contribution in [0.1, 0.15) is 16.7 Å². The maximum absolute atomic E-state index is 12.9. The second kappa shape index (κ2) is 9.39. The zero-order valence-corrected chi connectivity index (χ0v) is 15.4. The topological polar surface area (TPSA) is 29.5 Å². The van der Waals surface area contributed by atoms with Gasteiger partial charge in [0.2, 0.25) is 5.91 Å². The third-order valence-corrected chi connectivity index (χ3v) is 4.26. The number of carbonyl (C=O) groups is 1. The Morgan fingerprint density at radius 2 is 1.44 bits per heavy atom. The molecule has 3 aromatic carbocycles. The van der Waals surface area contributed by atoms with E-state index in [1.807, 2.05) is 95.9 Å². The first-order valence-corrected chi connectivity index (χ1v) is 8.93. The summed E-state index contributed by atoms with van der Waals surface area (Å²) in [7, 11) is 1.63. The highest BCUT2D eigenvalue weighted by Gasteiger charge is 2.12. The van der Waals surface area contributed by atoms with Crippen LogP contribution in [0.3, 0.4) is 0 Å². The molecule has 0 aliphatic rings. The van der Waals surface area contributed by atoms with E-state index in [2.05, 4.69) is 0 Å². The van der Waals surface area contributed by atoms with Gasteiger partial charge in [-0.05, 0) is 34.9 Å². The Hall–Kier alpha value is -3.33. The Bertz CT molecular complexity index is 847. The molecule has 3 heteroatoms. The first-order chi connectivity index (χ1) is 13.2. The van der Waals surface area contributed by atoms with E-state index in [4.69, 9.17) is 4.74 Å². The molecule has 0 radical (unpaired) electrons. The average molecular weight is 357 g/mol. The zero-order valence-electron chi connectivity index (χ0n) is 15.4. The summed E-state index contributed by atoms with van der Waals surface area (Å²) in [5, 5.41) is 0. The number of ether oxygens (including phenoxy) is 1. The highest BCUT2D eigenvalue weighted by atomic mass is 16.5. The van der Waals surface area contributed by atoms with Crippen molar-refractivity contribution in [2.45, 2.75) is 13.1 Å². The molecule has 0 spiro atoms. The minimum Gasteiger partial charge on any atom is -0.497 e. The smallest absolute Gasteiger partial charge is 0.247 e. The summed E-state index contributed by atoms with van der Waals surface area (Å²) in [6, 6.07) is 27.7. The normalized spacial score (nSPS) is 10.7. The van der Waals surface area contributed by atoms with Gasteiger partial charge in [-0.25, -0.2) is 0 Å². The second-order valence-electron chi connectivity index (χ2n) is 6.28. The molecule has 0 N–H and O–H groups in total. The number of hydrogen-bond donors (Lipinski definition) is 0. The van der Waals surface area contributed by atoms with Gasteiger partial charge in [-0.1, -0.05) is 72.8 Å². The summed E-state index contributed by atoms with van der Waals surface area (Å²) in [5.41, 5.74) is 3.15. The molecule has 0 saturated heterocycles. The van der Waals surface area contributed by atoms with Crippen LogP contribution in [-0.2, 0) is 17.9 Å². The summed E-state index contributed by atoms with van der Waals surface area (Å²) < 4.78 is 5.24. The van der Waals surface area contributed by atoms with Gasteiger partial charge in [0.1, 0.15) is 5.75 Å². The summed E-state index contributed by atoms with van der Waals surface area (Å²) in [6.45, 7) is 1.13. The second-order valence-corrected chi connectivity index (χ2v) is 6.28. The van der Waals surface area contributed by atoms with E-state index in [-0.39, 0.29) is 5.91 Å². The van der Waals surface area contributed by atoms with E-state index in [0.717, 1.165) is 22.4 Å². The Morgan fingerprint density at radius 1 is 0.852 bits per heavy atom. The summed E-state index contributed by atoms with van der Waals surface area (Å²) in [6.07, 6.45) is 3.45. The lowest BCUT2D eigenvalue weighted by molar-refractivity contribution is -0.127. The van der Waals surface area contributed by atoms with E-state index in [0.29, 0.717) is 13.1 Å². The van der Waals surface area contributed by atoms with E-state index in [1.165, 1.54) is 0 Å². The van der Waals surface area contributed by atoms with Crippen LogP contribution in [0.25, 0.3) is 6.08 Å². The van der Waals surface area contributed by atoms with Crippen molar-refractivity contribution >= 4 is 12.0 Å². The maximum atomic E-state index is 12.9. The number of benzene rings is 3. The lowest BCUT2D eigenvalue weighted by Gasteiger charge is -2.21. The van der Waals surface area contributed by atoms with Crippen LogP contribution in [0.15, 0.2) is 91.0 Å². The van der Waals surface area contributed by atoms with E-state index >= 15 is 0 Å². The van der Waals surface area contributed by atoms with Gasteiger partial charge < -0.3 is 9.64 Å². The third-order valence-electron chi connectivity index (χ3n) is 4.26. The third kappa shape index (κ3) is 5.58. The van der Waals surface area contributed by atoms with Crippen molar-refractivity contribution in [2.24, 2.45) is 0 Å². The van der Waals surface area contributed by atoms with E-state index in [9.17, 15) is 4.79 Å². The van der Waals surface area contributed by atoms with Crippen molar-refractivity contribution < 1.29 is 9.53 Å². The molecule has 0 atom stereocenters. The number of nitrogens with zero attached hydrogens (tertiary/aromatic N) is 1. The molecule has 0 bridgehead atoms. The Labute approximate surface area is 160 Å². The van der Waals surface area contributed by atoms with Crippen LogP contribution >= 0.6 is 0 Å². The molecule has 0 fully saturated rings. The van der Waals surface area contributed by atoms with Gasteiger partial charge in [0, 0.05) is 19.2 Å². The van der Waals surface area contributed by atoms with Crippen molar-refractivity contribution in [1.29, 1.82) is 0 Å². The van der Waals surface area contributed by atoms with Gasteiger partial charge in [-0.3, -0.25) is 4.79 Å². The Balaban J connectivity index is 1.77. The van der Waals surface area contributed by atoms with Crippen molar-refractivity contribution in [3.63, 3.8) is 0 Å². The largest absolute Gasteiger partial charge is 0.497 e. The van der Waals surface area contributed by atoms with Crippen LogP contribution < -0.4 is 4.74 Å². The number of methoxy groups -OCH3 is 1. The van der Waals surface area contributed by atoms with Gasteiger partial charge in [-0.2, -0.15) is 0 Å². The molecule has 136 valence electrons. The average Bonchev–Trinajstić information content (AvgIpc) is 2.73. The Kier molecular flexibility index (Phi) is 6.42. The molecule has 0 saturated carbocycles. The summed E-state index contributed by atoms with van der Waals surface area (Å²) in [5.74, 6) is 0.751. The fraction of sp³-hybridized carbons (Fsp3) is 0.125. The molecule has 3 aromatic rings. The van der Waals surface area contributed by atoms with Gasteiger partial charge in [0.25, 0.3) is 0 Å². The van der Waals surface area contributed by atoms with Crippen molar-refractivity contribution in [2.75, 3.05) is 7.11 Å². The number of rotatable bonds is 7. The zero-order chi connectivity index (χ0) is 18.9. The molecule has 0 aliphatic carbocycles. The molecule has 27 heavy (non-hydrogen) atoms. The first-order valence-electron chi connectivity index (χ1n) is 8.93. The molecular formula is C24H23NO2. The number of carbonyl (C=O) groups excluding carboxylic acids is 1.